The zero-order valence-electron chi connectivity index (χ0n) is 10.3. The van der Waals surface area contributed by atoms with E-state index in [1.165, 1.54) is 0 Å². The SMILES string of the molecule is CC1(C)CCC(CC2(C#N)CCCOC2)O1. The Bertz CT molecular complexity index is 287. The number of hydrogen-bond donors (Lipinski definition) is 0. The summed E-state index contributed by atoms with van der Waals surface area (Å²) in [5.41, 5.74) is -0.291. The van der Waals surface area contributed by atoms with Gasteiger partial charge in [0.15, 0.2) is 0 Å². The Morgan fingerprint density at radius 2 is 2.19 bits per heavy atom. The van der Waals surface area contributed by atoms with Gasteiger partial charge < -0.3 is 9.47 Å². The molecule has 16 heavy (non-hydrogen) atoms. The molecule has 2 fully saturated rings. The Morgan fingerprint density at radius 3 is 2.69 bits per heavy atom. The lowest BCUT2D eigenvalue weighted by molar-refractivity contribution is -0.0532. The first kappa shape index (κ1) is 11.9. The second-order valence-corrected chi connectivity index (χ2v) is 5.79. The van der Waals surface area contributed by atoms with Crippen molar-refractivity contribution in [1.29, 1.82) is 5.26 Å². The third-order valence-electron chi connectivity index (χ3n) is 3.73. The molecule has 3 nitrogen and oxygen atoms in total. The third kappa shape index (κ3) is 2.56. The van der Waals surface area contributed by atoms with Crippen LogP contribution >= 0.6 is 0 Å². The molecule has 0 saturated carbocycles. The van der Waals surface area contributed by atoms with Crippen LogP contribution in [-0.2, 0) is 9.47 Å². The molecule has 0 amide bonds. The van der Waals surface area contributed by atoms with Crippen LogP contribution in [0.25, 0.3) is 0 Å². The molecule has 2 rings (SSSR count). The highest BCUT2D eigenvalue weighted by atomic mass is 16.5. The van der Waals surface area contributed by atoms with Crippen LogP contribution in [0.1, 0.15) is 46.0 Å². The van der Waals surface area contributed by atoms with Crippen LogP contribution in [0.15, 0.2) is 0 Å². The maximum Gasteiger partial charge on any atom is 0.0832 e. The van der Waals surface area contributed by atoms with Gasteiger partial charge in [0.25, 0.3) is 0 Å². The highest BCUT2D eigenvalue weighted by Crippen LogP contribution is 2.39. The highest BCUT2D eigenvalue weighted by molar-refractivity contribution is 5.02. The van der Waals surface area contributed by atoms with Gasteiger partial charge in [0, 0.05) is 6.61 Å². The van der Waals surface area contributed by atoms with Crippen molar-refractivity contribution in [2.45, 2.75) is 57.7 Å². The average molecular weight is 223 g/mol. The van der Waals surface area contributed by atoms with E-state index in [1.54, 1.807) is 0 Å². The van der Waals surface area contributed by atoms with Gasteiger partial charge in [0.05, 0.1) is 29.8 Å². The van der Waals surface area contributed by atoms with Crippen molar-refractivity contribution in [2.75, 3.05) is 13.2 Å². The van der Waals surface area contributed by atoms with Crippen LogP contribution in [0.3, 0.4) is 0 Å². The first-order valence-corrected chi connectivity index (χ1v) is 6.22. The van der Waals surface area contributed by atoms with Crippen LogP contribution in [0.4, 0.5) is 0 Å². The van der Waals surface area contributed by atoms with Gasteiger partial charge in [-0.1, -0.05) is 0 Å². The summed E-state index contributed by atoms with van der Waals surface area (Å²) < 4.78 is 11.4. The normalized spacial score (nSPS) is 38.2. The van der Waals surface area contributed by atoms with E-state index in [2.05, 4.69) is 19.9 Å². The van der Waals surface area contributed by atoms with Crippen LogP contribution in [0, 0.1) is 16.7 Å². The zero-order chi connectivity index (χ0) is 11.6. The number of ether oxygens (including phenoxy) is 2. The van der Waals surface area contributed by atoms with Gasteiger partial charge in [-0.25, -0.2) is 0 Å². The summed E-state index contributed by atoms with van der Waals surface area (Å²) in [6, 6.07) is 2.47. The van der Waals surface area contributed by atoms with Crippen molar-refractivity contribution in [2.24, 2.45) is 5.41 Å². The predicted octanol–water partition coefficient (Wildman–Crippen LogP) is 2.65. The molecule has 2 heterocycles. The van der Waals surface area contributed by atoms with Gasteiger partial charge >= 0.3 is 0 Å². The van der Waals surface area contributed by atoms with E-state index in [1.807, 2.05) is 0 Å². The monoisotopic (exact) mass is 223 g/mol. The molecule has 2 saturated heterocycles. The van der Waals surface area contributed by atoms with Gasteiger partial charge in [-0.05, 0) is 46.0 Å². The lowest BCUT2D eigenvalue weighted by atomic mass is 9.79. The molecule has 2 unspecified atom stereocenters. The van der Waals surface area contributed by atoms with E-state index in [4.69, 9.17) is 9.47 Å². The van der Waals surface area contributed by atoms with Gasteiger partial charge in [0.1, 0.15) is 0 Å². The first-order chi connectivity index (χ1) is 7.55. The van der Waals surface area contributed by atoms with E-state index in [9.17, 15) is 5.26 Å². The molecule has 2 aliphatic rings. The standard InChI is InChI=1S/C13H21NO2/c1-12(2)6-4-11(16-12)8-13(9-14)5-3-7-15-10-13/h11H,3-8,10H2,1-2H3. The largest absolute Gasteiger partial charge is 0.380 e. The van der Waals surface area contributed by atoms with Crippen LogP contribution in [-0.4, -0.2) is 24.9 Å². The summed E-state index contributed by atoms with van der Waals surface area (Å²) in [7, 11) is 0. The number of nitrogens with zero attached hydrogens (tertiary/aromatic N) is 1. The third-order valence-corrected chi connectivity index (χ3v) is 3.73. The maximum absolute atomic E-state index is 9.35. The van der Waals surface area contributed by atoms with Gasteiger partial charge in [-0.2, -0.15) is 5.26 Å². The molecule has 0 N–H and O–H groups in total. The van der Waals surface area contributed by atoms with Crippen molar-refractivity contribution < 1.29 is 9.47 Å². The van der Waals surface area contributed by atoms with Crippen molar-refractivity contribution in [3.8, 4) is 6.07 Å². The molecule has 0 aromatic rings. The summed E-state index contributed by atoms with van der Waals surface area (Å²) in [6.45, 7) is 5.65. The summed E-state index contributed by atoms with van der Waals surface area (Å²) in [5.74, 6) is 0. The molecule has 0 radical (unpaired) electrons. The van der Waals surface area contributed by atoms with Gasteiger partial charge in [-0.15, -0.1) is 0 Å². The molecule has 3 heteroatoms. The van der Waals surface area contributed by atoms with Crippen molar-refractivity contribution in [3.05, 3.63) is 0 Å². The smallest absolute Gasteiger partial charge is 0.0832 e. The molecule has 0 spiro atoms. The van der Waals surface area contributed by atoms with E-state index >= 15 is 0 Å². The van der Waals surface area contributed by atoms with Crippen LogP contribution in [0.5, 0.6) is 0 Å². The molecular formula is C13H21NO2. The zero-order valence-corrected chi connectivity index (χ0v) is 10.3. The fourth-order valence-electron chi connectivity index (χ4n) is 2.80. The predicted molar refractivity (Wildman–Crippen MR) is 60.9 cm³/mol. The van der Waals surface area contributed by atoms with Gasteiger partial charge in [-0.3, -0.25) is 0 Å². The minimum Gasteiger partial charge on any atom is -0.380 e. The second kappa shape index (κ2) is 4.35. The van der Waals surface area contributed by atoms with Crippen molar-refractivity contribution in [3.63, 3.8) is 0 Å². The molecule has 2 aliphatic heterocycles. The molecule has 0 bridgehead atoms. The lowest BCUT2D eigenvalue weighted by Gasteiger charge is -2.33. The summed E-state index contributed by atoms with van der Waals surface area (Å²) in [5, 5.41) is 9.35. The highest BCUT2D eigenvalue weighted by Gasteiger charge is 2.40. The number of hydrogen-bond acceptors (Lipinski definition) is 3. The number of nitriles is 1. The van der Waals surface area contributed by atoms with Crippen LogP contribution < -0.4 is 0 Å². The van der Waals surface area contributed by atoms with E-state index < -0.39 is 0 Å². The summed E-state index contributed by atoms with van der Waals surface area (Å²) in [6.07, 6.45) is 5.23. The maximum atomic E-state index is 9.35. The van der Waals surface area contributed by atoms with Crippen LogP contribution in [0.2, 0.25) is 0 Å². The minimum absolute atomic E-state index is 0.00314. The van der Waals surface area contributed by atoms with E-state index in [0.29, 0.717) is 6.61 Å². The Kier molecular flexibility index (Phi) is 3.23. The fraction of sp³-hybridized carbons (Fsp3) is 0.923. The topological polar surface area (TPSA) is 42.2 Å². The van der Waals surface area contributed by atoms with Gasteiger partial charge in [0.2, 0.25) is 0 Å². The quantitative estimate of drug-likeness (QED) is 0.722. The number of rotatable bonds is 2. The Hall–Kier alpha value is -0.590. The summed E-state index contributed by atoms with van der Waals surface area (Å²) >= 11 is 0. The van der Waals surface area contributed by atoms with E-state index in [0.717, 1.165) is 38.7 Å². The van der Waals surface area contributed by atoms with Crippen molar-refractivity contribution in [1.82, 2.24) is 0 Å². The molecular weight excluding hydrogens is 202 g/mol. The Morgan fingerprint density at radius 1 is 1.38 bits per heavy atom. The molecule has 0 aromatic carbocycles. The molecule has 90 valence electrons. The summed E-state index contributed by atoms with van der Waals surface area (Å²) in [4.78, 5) is 0. The average Bonchev–Trinajstić information content (AvgIpc) is 2.59. The fourth-order valence-corrected chi connectivity index (χ4v) is 2.80. The minimum atomic E-state index is -0.288. The van der Waals surface area contributed by atoms with Crippen molar-refractivity contribution >= 4 is 0 Å². The molecule has 2 atom stereocenters. The van der Waals surface area contributed by atoms with E-state index in [-0.39, 0.29) is 17.1 Å². The Balaban J connectivity index is 1.95. The Labute approximate surface area is 97.7 Å². The molecule has 0 aliphatic carbocycles. The second-order valence-electron chi connectivity index (χ2n) is 5.79. The first-order valence-electron chi connectivity index (χ1n) is 6.22. The lowest BCUT2D eigenvalue weighted by Crippen LogP contribution is -2.34. The molecule has 0 aromatic heterocycles.